The van der Waals surface area contributed by atoms with Crippen molar-refractivity contribution >= 4 is 57.3 Å². The van der Waals surface area contributed by atoms with Crippen LogP contribution >= 0.6 is 15.9 Å². The van der Waals surface area contributed by atoms with E-state index in [1.165, 1.54) is 0 Å². The Morgan fingerprint density at radius 1 is 0.830 bits per heavy atom. The maximum atomic E-state index is 13.9. The third-order valence-electron chi connectivity index (χ3n) is 8.63. The van der Waals surface area contributed by atoms with Crippen molar-refractivity contribution in [3.63, 3.8) is 0 Å². The summed E-state index contributed by atoms with van der Waals surface area (Å²) < 4.78 is 6.26. The summed E-state index contributed by atoms with van der Waals surface area (Å²) in [5, 5.41) is 12.9. The molecule has 0 aliphatic heterocycles. The first kappa shape index (κ1) is 42.6. The smallest absolute Gasteiger partial charge is 0.408 e. The van der Waals surface area contributed by atoms with Gasteiger partial charge in [0.05, 0.1) is 12.6 Å². The van der Waals surface area contributed by atoms with Gasteiger partial charge in [-0.1, -0.05) is 91.0 Å². The van der Waals surface area contributed by atoms with Crippen LogP contribution in [0.15, 0.2) is 59.1 Å². The van der Waals surface area contributed by atoms with Gasteiger partial charge in [-0.05, 0) is 69.2 Å². The molecule has 4 atom stereocenters. The van der Waals surface area contributed by atoms with Gasteiger partial charge in [0.2, 0.25) is 29.4 Å². The fraction of sp³-hybridized carbons (Fsp3) is 0.500. The molecule has 1 aliphatic rings. The number of rotatable bonds is 17. The number of carbonyl (C=O) groups excluding carboxylic acids is 7. The van der Waals surface area contributed by atoms with E-state index < -0.39 is 77.7 Å². The summed E-state index contributed by atoms with van der Waals surface area (Å²) in [4.78, 5) is 91.6. The Labute approximate surface area is 318 Å². The third-order valence-corrected chi connectivity index (χ3v) is 9.16. The number of hydrogen-bond donors (Lipinski definition) is 6. The summed E-state index contributed by atoms with van der Waals surface area (Å²) in [6.45, 7) is 6.28. The fourth-order valence-corrected chi connectivity index (χ4v) is 6.30. The summed E-state index contributed by atoms with van der Waals surface area (Å²) in [5.74, 6) is -5.18. The van der Waals surface area contributed by atoms with Crippen LogP contribution in [0.1, 0.15) is 89.8 Å². The molecule has 2 unspecified atom stereocenters. The van der Waals surface area contributed by atoms with Gasteiger partial charge >= 0.3 is 6.09 Å². The first-order valence-electron chi connectivity index (χ1n) is 17.9. The van der Waals surface area contributed by atoms with Crippen molar-refractivity contribution in [1.29, 1.82) is 0 Å². The lowest BCUT2D eigenvalue weighted by Gasteiger charge is -2.32. The molecule has 53 heavy (non-hydrogen) atoms. The van der Waals surface area contributed by atoms with Crippen LogP contribution in [-0.4, -0.2) is 71.7 Å². The zero-order valence-electron chi connectivity index (χ0n) is 30.7. The molecule has 0 bridgehead atoms. The van der Waals surface area contributed by atoms with Gasteiger partial charge in [-0.25, -0.2) is 4.79 Å². The van der Waals surface area contributed by atoms with E-state index in [4.69, 9.17) is 10.5 Å². The molecular weight excluding hydrogens is 748 g/mol. The second kappa shape index (κ2) is 20.5. The molecule has 288 valence electrons. The predicted molar refractivity (Wildman–Crippen MR) is 201 cm³/mol. The molecule has 0 radical (unpaired) electrons. The van der Waals surface area contributed by atoms with Crippen molar-refractivity contribution in [3.05, 3.63) is 70.2 Å². The van der Waals surface area contributed by atoms with Crippen LogP contribution in [-0.2, 0) is 39.9 Å². The van der Waals surface area contributed by atoms with Crippen LogP contribution in [0.25, 0.3) is 0 Å². The topological polar surface area (TPSA) is 215 Å². The number of amides is 6. The zero-order chi connectivity index (χ0) is 39.1. The second-order valence-corrected chi connectivity index (χ2v) is 15.0. The minimum absolute atomic E-state index is 0.0382. The van der Waals surface area contributed by atoms with Crippen LogP contribution in [0, 0.1) is 5.92 Å². The lowest BCUT2D eigenvalue weighted by atomic mass is 9.83. The Hall–Kier alpha value is -4.79. The summed E-state index contributed by atoms with van der Waals surface area (Å²) in [6, 6.07) is 10.8. The predicted octanol–water partition coefficient (Wildman–Crippen LogP) is 3.26. The summed E-state index contributed by atoms with van der Waals surface area (Å²) >= 11 is 3.40. The Morgan fingerprint density at radius 2 is 1.45 bits per heavy atom. The van der Waals surface area contributed by atoms with Crippen molar-refractivity contribution in [3.8, 4) is 0 Å². The number of alkyl carbamates (subject to hydrolysis) is 1. The molecule has 1 aliphatic carbocycles. The van der Waals surface area contributed by atoms with E-state index in [-0.39, 0.29) is 18.8 Å². The van der Waals surface area contributed by atoms with E-state index in [2.05, 4.69) is 42.5 Å². The molecule has 0 aromatic heterocycles. The van der Waals surface area contributed by atoms with E-state index in [0.29, 0.717) is 30.4 Å². The molecule has 3 rings (SSSR count). The van der Waals surface area contributed by atoms with Gasteiger partial charge in [-0.3, -0.25) is 28.8 Å². The van der Waals surface area contributed by atoms with E-state index in [9.17, 15) is 33.6 Å². The number of hydrogen-bond acceptors (Lipinski definition) is 8. The number of carbonyl (C=O) groups is 7. The monoisotopic (exact) mass is 798 g/mol. The minimum atomic E-state index is -1.28. The van der Waals surface area contributed by atoms with Gasteiger partial charge < -0.3 is 37.1 Å². The normalized spacial score (nSPS) is 15.4. The number of ether oxygens (including phenoxy) is 1. The van der Waals surface area contributed by atoms with Crippen molar-refractivity contribution < 1.29 is 38.3 Å². The molecule has 2 aromatic rings. The summed E-state index contributed by atoms with van der Waals surface area (Å²) in [5.41, 5.74) is 5.81. The Balaban J connectivity index is 1.76. The van der Waals surface area contributed by atoms with Crippen molar-refractivity contribution in [2.45, 2.75) is 109 Å². The number of ketones is 1. The highest BCUT2D eigenvalue weighted by molar-refractivity contribution is 9.10. The van der Waals surface area contributed by atoms with E-state index in [0.717, 1.165) is 23.7 Å². The molecule has 1 saturated carbocycles. The third kappa shape index (κ3) is 14.3. The lowest BCUT2D eigenvalue weighted by Crippen LogP contribution is -2.59. The highest BCUT2D eigenvalue weighted by atomic mass is 79.9. The Bertz CT molecular complexity index is 1590. The quantitative estimate of drug-likeness (QED) is 0.130. The molecule has 7 N–H and O–H groups in total. The van der Waals surface area contributed by atoms with Gasteiger partial charge in [0, 0.05) is 10.9 Å². The number of halogens is 1. The molecule has 0 heterocycles. The van der Waals surface area contributed by atoms with Crippen molar-refractivity contribution in [2.24, 2.45) is 11.7 Å². The van der Waals surface area contributed by atoms with Crippen molar-refractivity contribution in [1.82, 2.24) is 26.6 Å². The number of nitrogens with two attached hydrogens (primary N) is 1. The molecule has 14 nitrogen and oxygen atoms in total. The highest BCUT2D eigenvalue weighted by Crippen LogP contribution is 2.27. The molecule has 6 amide bonds. The van der Waals surface area contributed by atoms with Gasteiger partial charge in [0.15, 0.2) is 0 Å². The van der Waals surface area contributed by atoms with Crippen LogP contribution in [0.5, 0.6) is 0 Å². The van der Waals surface area contributed by atoms with E-state index in [1.807, 2.05) is 0 Å². The van der Waals surface area contributed by atoms with Crippen molar-refractivity contribution in [2.75, 3.05) is 6.54 Å². The van der Waals surface area contributed by atoms with E-state index >= 15 is 0 Å². The largest absolute Gasteiger partial charge is 0.444 e. The summed E-state index contributed by atoms with van der Waals surface area (Å²) in [7, 11) is 0. The summed E-state index contributed by atoms with van der Waals surface area (Å²) in [6.07, 6.45) is 3.97. The first-order valence-corrected chi connectivity index (χ1v) is 18.7. The maximum absolute atomic E-state index is 13.9. The number of primary amides is 1. The molecule has 0 spiro atoms. The molecule has 2 aromatic carbocycles. The van der Waals surface area contributed by atoms with Gasteiger partial charge in [-0.15, -0.1) is 0 Å². The average Bonchev–Trinajstić information content (AvgIpc) is 3.11. The SMILES string of the molecule is CCCC(NC(=O)[C@H](Cc1ccc(Br)cc1)NC(=O)[C@@H](NC(=O)OC(C)(C)C)C1CCCCC1)C(=O)C(=O)NCC(=O)NC(C(N)=O)c1ccccc1. The fourth-order valence-electron chi connectivity index (χ4n) is 6.04. The van der Waals surface area contributed by atoms with Gasteiger partial charge in [0.25, 0.3) is 5.91 Å². The lowest BCUT2D eigenvalue weighted by molar-refractivity contribution is -0.141. The van der Waals surface area contributed by atoms with Crippen LogP contribution in [0.2, 0.25) is 0 Å². The van der Waals surface area contributed by atoms with Gasteiger partial charge in [0.1, 0.15) is 23.7 Å². The zero-order valence-corrected chi connectivity index (χ0v) is 32.3. The number of benzene rings is 2. The van der Waals surface area contributed by atoms with Crippen LogP contribution < -0.4 is 32.3 Å². The molecule has 15 heteroatoms. The van der Waals surface area contributed by atoms with Crippen LogP contribution in [0.3, 0.4) is 0 Å². The minimum Gasteiger partial charge on any atom is -0.444 e. The second-order valence-electron chi connectivity index (χ2n) is 14.1. The molecule has 1 fully saturated rings. The van der Waals surface area contributed by atoms with Gasteiger partial charge in [-0.2, -0.15) is 0 Å². The average molecular weight is 800 g/mol. The molecule has 0 saturated heterocycles. The number of nitrogens with one attached hydrogen (secondary N) is 5. The standard InChI is InChI=1S/C38H51BrN6O8/c1-5-12-27(32(47)36(51)41-22-29(46)44-30(33(40)48)24-13-8-6-9-14-24)42-34(49)28(21-23-17-19-26(39)20-18-23)43-35(50)31(25-15-10-7-11-16-25)45-37(52)53-38(2,3)4/h6,8-9,13-14,17-20,25,27-28,30-31H,5,7,10-12,15-16,21-22H2,1-4H3,(H2,40,48)(H,41,51)(H,42,49)(H,43,50)(H,44,46)(H,45,52)/t27?,28-,30?,31-/m0/s1. The Morgan fingerprint density at radius 3 is 2.04 bits per heavy atom. The number of Topliss-reactive ketones (excluding diaryl/α,β-unsaturated/α-hetero) is 1. The first-order chi connectivity index (χ1) is 25.1. The highest BCUT2D eigenvalue weighted by Gasteiger charge is 2.36. The molecular formula is C38H51BrN6O8. The van der Waals surface area contributed by atoms with E-state index in [1.54, 1.807) is 82.3 Å². The Kier molecular flexibility index (Phi) is 16.4. The maximum Gasteiger partial charge on any atom is 0.408 e. The van der Waals surface area contributed by atoms with Crippen LogP contribution in [0.4, 0.5) is 4.79 Å².